The van der Waals surface area contributed by atoms with E-state index in [9.17, 15) is 14.0 Å². The van der Waals surface area contributed by atoms with E-state index in [2.05, 4.69) is 10.2 Å². The molecule has 0 aromatic heterocycles. The van der Waals surface area contributed by atoms with Crippen LogP contribution < -0.4 is 5.32 Å². The van der Waals surface area contributed by atoms with Gasteiger partial charge in [-0.05, 0) is 75.7 Å². The second-order valence-corrected chi connectivity index (χ2v) is 7.29. The number of carbonyl (C=O) groups excluding carboxylic acids is 2. The van der Waals surface area contributed by atoms with Crippen molar-refractivity contribution >= 4 is 17.4 Å². The summed E-state index contributed by atoms with van der Waals surface area (Å²) in [7, 11) is 0. The van der Waals surface area contributed by atoms with E-state index in [1.165, 1.54) is 17.7 Å². The van der Waals surface area contributed by atoms with Gasteiger partial charge in [0.2, 0.25) is 5.91 Å². The summed E-state index contributed by atoms with van der Waals surface area (Å²) in [6.45, 7) is 5.74. The fourth-order valence-electron chi connectivity index (χ4n) is 3.55. The number of nitrogens with zero attached hydrogens (tertiary/aromatic N) is 1. The Morgan fingerprint density at radius 3 is 2.37 bits per heavy atom. The van der Waals surface area contributed by atoms with Gasteiger partial charge in [-0.2, -0.15) is 0 Å². The van der Waals surface area contributed by atoms with E-state index in [-0.39, 0.29) is 23.4 Å². The van der Waals surface area contributed by atoms with Crippen LogP contribution in [0.5, 0.6) is 0 Å². The van der Waals surface area contributed by atoms with E-state index in [1.807, 2.05) is 32.0 Å². The van der Waals surface area contributed by atoms with Gasteiger partial charge >= 0.3 is 0 Å². The molecule has 1 fully saturated rings. The number of hydrogen-bond acceptors (Lipinski definition) is 3. The summed E-state index contributed by atoms with van der Waals surface area (Å²) >= 11 is 0. The highest BCUT2D eigenvalue weighted by atomic mass is 19.1. The summed E-state index contributed by atoms with van der Waals surface area (Å²) in [6, 6.07) is 11.7. The predicted octanol–water partition coefficient (Wildman–Crippen LogP) is 3.98. The number of anilines is 1. The van der Waals surface area contributed by atoms with Crippen LogP contribution in [-0.4, -0.2) is 36.2 Å². The van der Waals surface area contributed by atoms with Gasteiger partial charge in [-0.3, -0.25) is 14.5 Å². The molecule has 1 aliphatic heterocycles. The molecule has 0 atom stereocenters. The zero-order valence-electron chi connectivity index (χ0n) is 15.8. The van der Waals surface area contributed by atoms with E-state index >= 15 is 0 Å². The third-order valence-corrected chi connectivity index (χ3v) is 5.11. The monoisotopic (exact) mass is 368 g/mol. The largest absolute Gasteiger partial charge is 0.325 e. The van der Waals surface area contributed by atoms with E-state index in [4.69, 9.17) is 0 Å². The number of carbonyl (C=O) groups is 2. The Kier molecular flexibility index (Phi) is 6.01. The summed E-state index contributed by atoms with van der Waals surface area (Å²) < 4.78 is 13.0. The van der Waals surface area contributed by atoms with Crippen LogP contribution in [0.25, 0.3) is 0 Å². The second kappa shape index (κ2) is 8.44. The first kappa shape index (κ1) is 19.2. The minimum atomic E-state index is -0.337. The summed E-state index contributed by atoms with van der Waals surface area (Å²) in [5.41, 5.74) is 3.61. The number of hydrogen-bond donors (Lipinski definition) is 1. The Labute approximate surface area is 159 Å². The first-order valence-electron chi connectivity index (χ1n) is 9.31. The summed E-state index contributed by atoms with van der Waals surface area (Å²) in [4.78, 5) is 26.9. The van der Waals surface area contributed by atoms with E-state index in [0.29, 0.717) is 38.0 Å². The second-order valence-electron chi connectivity index (χ2n) is 7.29. The quantitative estimate of drug-likeness (QED) is 0.813. The van der Waals surface area contributed by atoms with Crippen LogP contribution in [0.2, 0.25) is 0 Å². The highest BCUT2D eigenvalue weighted by Gasteiger charge is 2.26. The van der Waals surface area contributed by atoms with E-state index in [0.717, 1.165) is 11.3 Å². The van der Waals surface area contributed by atoms with Gasteiger partial charge in [0.15, 0.2) is 5.78 Å². The molecule has 0 spiro atoms. The Bertz CT molecular complexity index is 825. The van der Waals surface area contributed by atoms with Gasteiger partial charge in [0.05, 0.1) is 6.54 Å². The van der Waals surface area contributed by atoms with Crippen molar-refractivity contribution in [2.24, 2.45) is 5.92 Å². The van der Waals surface area contributed by atoms with Crippen molar-refractivity contribution in [1.29, 1.82) is 0 Å². The number of benzene rings is 2. The van der Waals surface area contributed by atoms with E-state index in [1.54, 1.807) is 12.1 Å². The number of halogens is 1. The Hall–Kier alpha value is -2.53. The molecule has 1 amide bonds. The van der Waals surface area contributed by atoms with Gasteiger partial charge in [-0.25, -0.2) is 4.39 Å². The molecule has 2 aromatic carbocycles. The van der Waals surface area contributed by atoms with E-state index < -0.39 is 0 Å². The fraction of sp³-hybridized carbons (Fsp3) is 0.364. The van der Waals surface area contributed by atoms with Crippen molar-refractivity contribution in [3.63, 3.8) is 0 Å². The lowest BCUT2D eigenvalue weighted by Crippen LogP contribution is -2.40. The van der Waals surface area contributed by atoms with Gasteiger partial charge in [0.1, 0.15) is 5.82 Å². The predicted molar refractivity (Wildman–Crippen MR) is 104 cm³/mol. The summed E-state index contributed by atoms with van der Waals surface area (Å²) in [5, 5.41) is 2.97. The lowest BCUT2D eigenvalue weighted by atomic mass is 9.89. The lowest BCUT2D eigenvalue weighted by molar-refractivity contribution is -0.117. The number of amides is 1. The molecule has 2 aromatic rings. The lowest BCUT2D eigenvalue weighted by Gasteiger charge is -2.30. The van der Waals surface area contributed by atoms with Crippen LogP contribution in [0.4, 0.5) is 10.1 Å². The van der Waals surface area contributed by atoms with Crippen molar-refractivity contribution in [3.8, 4) is 0 Å². The smallest absolute Gasteiger partial charge is 0.238 e. The average Bonchev–Trinajstić information content (AvgIpc) is 2.65. The number of rotatable bonds is 5. The SMILES string of the molecule is Cc1ccc(NC(=O)CN2CCC(C(=O)c3ccc(F)cc3)CC2)c(C)c1. The van der Waals surface area contributed by atoms with Gasteiger partial charge < -0.3 is 5.32 Å². The molecular weight excluding hydrogens is 343 g/mol. The molecule has 0 radical (unpaired) electrons. The van der Waals surface area contributed by atoms with Gasteiger partial charge in [0, 0.05) is 17.2 Å². The van der Waals surface area contributed by atoms with Crippen LogP contribution in [0, 0.1) is 25.6 Å². The maximum Gasteiger partial charge on any atom is 0.238 e. The molecule has 1 saturated heterocycles. The molecule has 27 heavy (non-hydrogen) atoms. The van der Waals surface area contributed by atoms with Gasteiger partial charge in [-0.1, -0.05) is 17.7 Å². The average molecular weight is 368 g/mol. The Balaban J connectivity index is 1.49. The zero-order valence-corrected chi connectivity index (χ0v) is 15.8. The molecule has 0 bridgehead atoms. The van der Waals surface area contributed by atoms with Crippen LogP contribution in [0.15, 0.2) is 42.5 Å². The number of nitrogens with one attached hydrogen (secondary N) is 1. The fourth-order valence-corrected chi connectivity index (χ4v) is 3.55. The van der Waals surface area contributed by atoms with Crippen molar-refractivity contribution in [2.75, 3.05) is 25.0 Å². The van der Waals surface area contributed by atoms with Crippen LogP contribution in [0.1, 0.15) is 34.3 Å². The molecular formula is C22H25FN2O2. The number of likely N-dealkylation sites (tertiary alicyclic amines) is 1. The topological polar surface area (TPSA) is 49.4 Å². The summed E-state index contributed by atoms with van der Waals surface area (Å²) in [6.07, 6.45) is 1.43. The molecule has 1 N–H and O–H groups in total. The van der Waals surface area contributed by atoms with Crippen molar-refractivity contribution in [3.05, 3.63) is 65.0 Å². The first-order chi connectivity index (χ1) is 12.9. The van der Waals surface area contributed by atoms with Crippen LogP contribution >= 0.6 is 0 Å². The number of piperidine rings is 1. The highest BCUT2D eigenvalue weighted by Crippen LogP contribution is 2.22. The number of aryl methyl sites for hydroxylation is 2. The minimum absolute atomic E-state index is 0.0368. The first-order valence-corrected chi connectivity index (χ1v) is 9.31. The van der Waals surface area contributed by atoms with Crippen LogP contribution in [0.3, 0.4) is 0 Å². The zero-order chi connectivity index (χ0) is 19.4. The third kappa shape index (κ3) is 5.01. The Morgan fingerprint density at radius 2 is 1.74 bits per heavy atom. The third-order valence-electron chi connectivity index (χ3n) is 5.11. The molecule has 0 saturated carbocycles. The molecule has 3 rings (SSSR count). The summed E-state index contributed by atoms with van der Waals surface area (Å²) in [5.74, 6) is -0.370. The molecule has 142 valence electrons. The standard InChI is InChI=1S/C22H25FN2O2/c1-15-3-8-20(16(2)13-15)24-21(26)14-25-11-9-18(10-12-25)22(27)17-4-6-19(23)7-5-17/h3-8,13,18H,9-12,14H2,1-2H3,(H,24,26). The Morgan fingerprint density at radius 1 is 1.07 bits per heavy atom. The highest BCUT2D eigenvalue weighted by molar-refractivity contribution is 5.98. The molecule has 4 nitrogen and oxygen atoms in total. The maximum absolute atomic E-state index is 13.0. The number of ketones is 1. The molecule has 5 heteroatoms. The molecule has 1 heterocycles. The maximum atomic E-state index is 13.0. The molecule has 0 unspecified atom stereocenters. The van der Waals surface area contributed by atoms with Gasteiger partial charge in [0.25, 0.3) is 0 Å². The minimum Gasteiger partial charge on any atom is -0.325 e. The number of Topliss-reactive ketones (excluding diaryl/α,β-unsaturated/α-hetero) is 1. The molecule has 0 aliphatic carbocycles. The van der Waals surface area contributed by atoms with Crippen molar-refractivity contribution in [1.82, 2.24) is 4.90 Å². The molecule has 1 aliphatic rings. The van der Waals surface area contributed by atoms with Crippen molar-refractivity contribution < 1.29 is 14.0 Å². The van der Waals surface area contributed by atoms with Crippen LogP contribution in [-0.2, 0) is 4.79 Å². The van der Waals surface area contributed by atoms with Crippen molar-refractivity contribution in [2.45, 2.75) is 26.7 Å². The normalized spacial score (nSPS) is 15.5. The van der Waals surface area contributed by atoms with Gasteiger partial charge in [-0.15, -0.1) is 0 Å².